The fraction of sp³-hybridized carbons (Fsp3) is 0.133. The highest BCUT2D eigenvalue weighted by Gasteiger charge is 2.09. The van der Waals surface area contributed by atoms with Gasteiger partial charge >= 0.3 is 5.97 Å². The van der Waals surface area contributed by atoms with Gasteiger partial charge in [0.1, 0.15) is 5.82 Å². The number of carboxylic acids is 1. The fourth-order valence-electron chi connectivity index (χ4n) is 1.84. The van der Waals surface area contributed by atoms with Crippen molar-refractivity contribution in [3.8, 4) is 0 Å². The van der Waals surface area contributed by atoms with Crippen LogP contribution in [-0.2, 0) is 6.42 Å². The van der Waals surface area contributed by atoms with Gasteiger partial charge in [0.15, 0.2) is 0 Å². The molecule has 2 aromatic rings. The van der Waals surface area contributed by atoms with Crippen molar-refractivity contribution in [3.05, 3.63) is 64.4 Å². The summed E-state index contributed by atoms with van der Waals surface area (Å²) in [7, 11) is 0. The molecule has 0 spiro atoms. The number of rotatable bonds is 5. The summed E-state index contributed by atoms with van der Waals surface area (Å²) in [6.07, 6.45) is 0.659. The summed E-state index contributed by atoms with van der Waals surface area (Å²) in [5, 5.41) is 12.6. The monoisotopic (exact) mass is 293 g/mol. The third-order valence-corrected chi connectivity index (χ3v) is 3.09. The van der Waals surface area contributed by atoms with E-state index in [9.17, 15) is 9.18 Å². The van der Waals surface area contributed by atoms with E-state index in [0.717, 1.165) is 5.56 Å². The Labute approximate surface area is 121 Å². The molecule has 0 fully saturated rings. The quantitative estimate of drug-likeness (QED) is 0.881. The number of aromatic carboxylic acids is 1. The first-order chi connectivity index (χ1) is 9.56. The van der Waals surface area contributed by atoms with Crippen molar-refractivity contribution in [2.45, 2.75) is 6.42 Å². The third-order valence-electron chi connectivity index (χ3n) is 2.85. The molecule has 2 rings (SSSR count). The molecule has 0 radical (unpaired) electrons. The molecule has 5 heteroatoms. The second kappa shape index (κ2) is 6.39. The van der Waals surface area contributed by atoms with Crippen LogP contribution in [0.25, 0.3) is 0 Å². The van der Waals surface area contributed by atoms with Crippen LogP contribution in [0.2, 0.25) is 5.02 Å². The lowest BCUT2D eigenvalue weighted by atomic mass is 10.1. The van der Waals surface area contributed by atoms with E-state index in [1.54, 1.807) is 18.2 Å². The van der Waals surface area contributed by atoms with Crippen molar-refractivity contribution < 1.29 is 14.3 Å². The molecule has 0 bridgehead atoms. The standard InChI is InChI=1S/C15H13ClFNO2/c16-11-3-6-13(15(19)20)14(9-11)18-8-7-10-1-4-12(17)5-2-10/h1-6,9,18H,7-8H2,(H,19,20). The number of carboxylic acid groups (broad SMARTS) is 1. The summed E-state index contributed by atoms with van der Waals surface area (Å²) in [6, 6.07) is 10.8. The Kier molecular flexibility index (Phi) is 4.58. The predicted molar refractivity (Wildman–Crippen MR) is 77.0 cm³/mol. The first-order valence-electron chi connectivity index (χ1n) is 6.07. The normalized spacial score (nSPS) is 10.3. The van der Waals surface area contributed by atoms with E-state index >= 15 is 0 Å². The Balaban J connectivity index is 2.02. The van der Waals surface area contributed by atoms with E-state index in [1.165, 1.54) is 24.3 Å². The van der Waals surface area contributed by atoms with Gasteiger partial charge in [0.25, 0.3) is 0 Å². The van der Waals surface area contributed by atoms with E-state index in [2.05, 4.69) is 5.32 Å². The maximum Gasteiger partial charge on any atom is 0.337 e. The minimum absolute atomic E-state index is 0.175. The predicted octanol–water partition coefficient (Wildman–Crippen LogP) is 3.83. The molecule has 20 heavy (non-hydrogen) atoms. The van der Waals surface area contributed by atoms with Gasteiger partial charge in [0, 0.05) is 11.6 Å². The van der Waals surface area contributed by atoms with Gasteiger partial charge in [-0.15, -0.1) is 0 Å². The van der Waals surface area contributed by atoms with Crippen LogP contribution in [0, 0.1) is 5.82 Å². The summed E-state index contributed by atoms with van der Waals surface area (Å²) >= 11 is 5.86. The maximum absolute atomic E-state index is 12.8. The largest absolute Gasteiger partial charge is 0.478 e. The highest BCUT2D eigenvalue weighted by atomic mass is 35.5. The zero-order valence-electron chi connectivity index (χ0n) is 10.6. The molecule has 0 aliphatic carbocycles. The molecule has 2 aromatic carbocycles. The van der Waals surface area contributed by atoms with Gasteiger partial charge in [0.2, 0.25) is 0 Å². The number of benzene rings is 2. The van der Waals surface area contributed by atoms with Crippen molar-refractivity contribution in [1.29, 1.82) is 0 Å². The molecule has 3 nitrogen and oxygen atoms in total. The smallest absolute Gasteiger partial charge is 0.337 e. The highest BCUT2D eigenvalue weighted by molar-refractivity contribution is 6.31. The average Bonchev–Trinajstić information content (AvgIpc) is 2.41. The molecule has 0 saturated carbocycles. The minimum Gasteiger partial charge on any atom is -0.478 e. The van der Waals surface area contributed by atoms with Crippen LogP contribution >= 0.6 is 11.6 Å². The third kappa shape index (κ3) is 3.71. The number of halogens is 2. The summed E-state index contributed by atoms with van der Waals surface area (Å²) in [5.74, 6) is -1.28. The topological polar surface area (TPSA) is 49.3 Å². The zero-order valence-corrected chi connectivity index (χ0v) is 11.3. The molecular weight excluding hydrogens is 281 g/mol. The molecule has 0 aliphatic rings. The highest BCUT2D eigenvalue weighted by Crippen LogP contribution is 2.21. The Bertz CT molecular complexity index is 614. The van der Waals surface area contributed by atoms with E-state index in [0.29, 0.717) is 23.7 Å². The fourth-order valence-corrected chi connectivity index (χ4v) is 2.01. The Hall–Kier alpha value is -2.07. The molecule has 0 amide bonds. The van der Waals surface area contributed by atoms with Gasteiger partial charge in [-0.2, -0.15) is 0 Å². The summed E-state index contributed by atoms with van der Waals surface area (Å²) < 4.78 is 12.8. The van der Waals surface area contributed by atoms with Crippen molar-refractivity contribution in [3.63, 3.8) is 0 Å². The second-order valence-electron chi connectivity index (χ2n) is 4.30. The first-order valence-corrected chi connectivity index (χ1v) is 6.45. The number of hydrogen-bond acceptors (Lipinski definition) is 2. The molecule has 0 aliphatic heterocycles. The van der Waals surface area contributed by atoms with Crippen molar-refractivity contribution in [2.24, 2.45) is 0 Å². The zero-order chi connectivity index (χ0) is 14.5. The Morgan fingerprint density at radius 2 is 1.90 bits per heavy atom. The summed E-state index contributed by atoms with van der Waals surface area (Å²) in [6.45, 7) is 0.534. The Morgan fingerprint density at radius 1 is 1.20 bits per heavy atom. The molecule has 0 atom stereocenters. The molecule has 0 unspecified atom stereocenters. The number of nitrogens with one attached hydrogen (secondary N) is 1. The van der Waals surface area contributed by atoms with Crippen molar-refractivity contribution in [1.82, 2.24) is 0 Å². The summed E-state index contributed by atoms with van der Waals surface area (Å²) in [5.41, 5.74) is 1.62. The molecule has 0 saturated heterocycles. The van der Waals surface area contributed by atoms with Crippen molar-refractivity contribution in [2.75, 3.05) is 11.9 Å². The van der Waals surface area contributed by atoms with Crippen LogP contribution in [0.15, 0.2) is 42.5 Å². The van der Waals surface area contributed by atoms with Gasteiger partial charge in [-0.1, -0.05) is 23.7 Å². The van der Waals surface area contributed by atoms with Crippen molar-refractivity contribution >= 4 is 23.3 Å². The first kappa shape index (κ1) is 14.3. The van der Waals surface area contributed by atoms with E-state index in [1.807, 2.05) is 0 Å². The second-order valence-corrected chi connectivity index (χ2v) is 4.73. The van der Waals surface area contributed by atoms with Crippen LogP contribution in [0.4, 0.5) is 10.1 Å². The van der Waals surface area contributed by atoms with Gasteiger partial charge in [-0.3, -0.25) is 0 Å². The van der Waals surface area contributed by atoms with E-state index < -0.39 is 5.97 Å². The van der Waals surface area contributed by atoms with Gasteiger partial charge in [-0.05, 0) is 42.3 Å². The van der Waals surface area contributed by atoms with Crippen LogP contribution in [0.1, 0.15) is 15.9 Å². The molecular formula is C15H13ClFNO2. The van der Waals surface area contributed by atoms with Crippen LogP contribution in [0.5, 0.6) is 0 Å². The summed E-state index contributed by atoms with van der Waals surface area (Å²) in [4.78, 5) is 11.1. The molecule has 0 aromatic heterocycles. The lowest BCUT2D eigenvalue weighted by Gasteiger charge is -2.10. The number of carbonyl (C=O) groups is 1. The molecule has 0 heterocycles. The number of anilines is 1. The van der Waals surface area contributed by atoms with E-state index in [-0.39, 0.29) is 11.4 Å². The number of hydrogen-bond donors (Lipinski definition) is 2. The average molecular weight is 294 g/mol. The van der Waals surface area contributed by atoms with Crippen LogP contribution in [-0.4, -0.2) is 17.6 Å². The SMILES string of the molecule is O=C(O)c1ccc(Cl)cc1NCCc1ccc(F)cc1. The van der Waals surface area contributed by atoms with Gasteiger partial charge in [0.05, 0.1) is 11.3 Å². The maximum atomic E-state index is 12.8. The van der Waals surface area contributed by atoms with Crippen LogP contribution < -0.4 is 5.32 Å². The minimum atomic E-state index is -1.01. The van der Waals surface area contributed by atoms with Crippen LogP contribution in [0.3, 0.4) is 0 Å². The van der Waals surface area contributed by atoms with Gasteiger partial charge < -0.3 is 10.4 Å². The van der Waals surface area contributed by atoms with Gasteiger partial charge in [-0.25, -0.2) is 9.18 Å². The van der Waals surface area contributed by atoms with E-state index in [4.69, 9.17) is 16.7 Å². The lowest BCUT2D eigenvalue weighted by Crippen LogP contribution is -2.09. The lowest BCUT2D eigenvalue weighted by molar-refractivity contribution is 0.0698. The molecule has 104 valence electrons. The Morgan fingerprint density at radius 3 is 2.55 bits per heavy atom. The molecule has 2 N–H and O–H groups in total.